The van der Waals surface area contributed by atoms with E-state index in [2.05, 4.69) is 24.4 Å². The second-order valence-corrected chi connectivity index (χ2v) is 4.47. The van der Waals surface area contributed by atoms with Crippen molar-refractivity contribution in [2.75, 3.05) is 20.3 Å². The summed E-state index contributed by atoms with van der Waals surface area (Å²) in [6.07, 6.45) is 1.95. The molecule has 1 N–H and O–H groups in total. The van der Waals surface area contributed by atoms with Gasteiger partial charge in [0.1, 0.15) is 5.75 Å². The molecule has 19 heavy (non-hydrogen) atoms. The first-order chi connectivity index (χ1) is 9.15. The van der Waals surface area contributed by atoms with Crippen molar-refractivity contribution in [1.29, 1.82) is 0 Å². The van der Waals surface area contributed by atoms with Gasteiger partial charge in [-0.15, -0.1) is 0 Å². The number of rotatable bonds is 8. The number of benzene rings is 1. The van der Waals surface area contributed by atoms with Gasteiger partial charge in [-0.2, -0.15) is 0 Å². The van der Waals surface area contributed by atoms with Gasteiger partial charge >= 0.3 is 5.97 Å². The summed E-state index contributed by atoms with van der Waals surface area (Å²) in [7, 11) is 1.66. The zero-order valence-electron chi connectivity index (χ0n) is 11.9. The highest BCUT2D eigenvalue weighted by atomic mass is 16.5. The predicted octanol–water partition coefficient (Wildman–Crippen LogP) is 2.17. The van der Waals surface area contributed by atoms with E-state index in [4.69, 9.17) is 9.47 Å². The SMILES string of the molecule is CCOC(=O)CNC(C)CCc1ccc(OC)cc1. The molecule has 1 unspecified atom stereocenters. The largest absolute Gasteiger partial charge is 0.497 e. The van der Waals surface area contributed by atoms with Crippen molar-refractivity contribution in [1.82, 2.24) is 5.32 Å². The van der Waals surface area contributed by atoms with Crippen molar-refractivity contribution in [3.8, 4) is 5.75 Å². The average molecular weight is 265 g/mol. The van der Waals surface area contributed by atoms with Crippen molar-refractivity contribution in [2.24, 2.45) is 0 Å². The smallest absolute Gasteiger partial charge is 0.319 e. The molecule has 4 heteroatoms. The first-order valence-electron chi connectivity index (χ1n) is 6.67. The Hall–Kier alpha value is -1.55. The molecular weight excluding hydrogens is 242 g/mol. The van der Waals surface area contributed by atoms with Crippen LogP contribution in [0.5, 0.6) is 5.75 Å². The topological polar surface area (TPSA) is 47.6 Å². The van der Waals surface area contributed by atoms with Crippen LogP contribution in [0.4, 0.5) is 0 Å². The van der Waals surface area contributed by atoms with Gasteiger partial charge in [-0.3, -0.25) is 4.79 Å². The van der Waals surface area contributed by atoms with Gasteiger partial charge in [-0.25, -0.2) is 0 Å². The summed E-state index contributed by atoms with van der Waals surface area (Å²) in [6.45, 7) is 4.59. The fourth-order valence-corrected chi connectivity index (χ4v) is 1.75. The van der Waals surface area contributed by atoms with Crippen LogP contribution in [0.2, 0.25) is 0 Å². The summed E-state index contributed by atoms with van der Waals surface area (Å²) >= 11 is 0. The van der Waals surface area contributed by atoms with Crippen molar-refractivity contribution in [3.63, 3.8) is 0 Å². The third-order valence-electron chi connectivity index (χ3n) is 2.93. The van der Waals surface area contributed by atoms with E-state index in [0.29, 0.717) is 6.61 Å². The Bertz CT molecular complexity index is 375. The van der Waals surface area contributed by atoms with Gasteiger partial charge in [0.05, 0.1) is 20.3 Å². The Morgan fingerprint density at radius 2 is 2.00 bits per heavy atom. The normalized spacial score (nSPS) is 11.9. The Kier molecular flexibility index (Phi) is 6.97. The summed E-state index contributed by atoms with van der Waals surface area (Å²) in [6, 6.07) is 8.35. The van der Waals surface area contributed by atoms with Gasteiger partial charge < -0.3 is 14.8 Å². The third kappa shape index (κ3) is 6.25. The first kappa shape index (κ1) is 15.5. The summed E-state index contributed by atoms with van der Waals surface area (Å²) in [5.74, 6) is 0.677. The Labute approximate surface area is 115 Å². The van der Waals surface area contributed by atoms with Crippen LogP contribution in [-0.4, -0.2) is 32.3 Å². The summed E-state index contributed by atoms with van der Waals surface area (Å²) in [5, 5.41) is 3.16. The number of nitrogens with one attached hydrogen (secondary N) is 1. The predicted molar refractivity (Wildman–Crippen MR) is 75.4 cm³/mol. The Morgan fingerprint density at radius 3 is 2.58 bits per heavy atom. The highest BCUT2D eigenvalue weighted by Crippen LogP contribution is 2.13. The molecule has 0 heterocycles. The number of esters is 1. The quantitative estimate of drug-likeness (QED) is 0.732. The molecule has 0 saturated carbocycles. The van der Waals surface area contributed by atoms with Crippen molar-refractivity contribution in [3.05, 3.63) is 29.8 Å². The van der Waals surface area contributed by atoms with Gasteiger partial charge in [0, 0.05) is 6.04 Å². The molecule has 1 atom stereocenters. The van der Waals surface area contributed by atoms with E-state index in [1.54, 1.807) is 7.11 Å². The molecule has 0 bridgehead atoms. The highest BCUT2D eigenvalue weighted by Gasteiger charge is 2.06. The van der Waals surface area contributed by atoms with Gasteiger partial charge in [-0.1, -0.05) is 12.1 Å². The lowest BCUT2D eigenvalue weighted by molar-refractivity contribution is -0.142. The molecule has 106 valence electrons. The number of ether oxygens (including phenoxy) is 2. The van der Waals surface area contributed by atoms with E-state index in [1.807, 2.05) is 19.1 Å². The minimum absolute atomic E-state index is 0.196. The molecule has 4 nitrogen and oxygen atoms in total. The zero-order valence-corrected chi connectivity index (χ0v) is 11.9. The van der Waals surface area contributed by atoms with Crippen LogP contribution in [0.3, 0.4) is 0 Å². The second kappa shape index (κ2) is 8.53. The molecule has 1 rings (SSSR count). The summed E-state index contributed by atoms with van der Waals surface area (Å²) < 4.78 is 9.98. The lowest BCUT2D eigenvalue weighted by Crippen LogP contribution is -2.32. The molecule has 0 aliphatic heterocycles. The Morgan fingerprint density at radius 1 is 1.32 bits per heavy atom. The van der Waals surface area contributed by atoms with Crippen LogP contribution < -0.4 is 10.1 Å². The number of carbonyl (C=O) groups is 1. The van der Waals surface area contributed by atoms with E-state index in [0.717, 1.165) is 18.6 Å². The number of methoxy groups -OCH3 is 1. The Balaban J connectivity index is 2.25. The van der Waals surface area contributed by atoms with E-state index < -0.39 is 0 Å². The zero-order chi connectivity index (χ0) is 14.1. The number of aryl methyl sites for hydroxylation is 1. The lowest BCUT2D eigenvalue weighted by atomic mass is 10.1. The number of hydrogen-bond donors (Lipinski definition) is 1. The van der Waals surface area contributed by atoms with Crippen LogP contribution in [0.25, 0.3) is 0 Å². The maximum absolute atomic E-state index is 11.2. The third-order valence-corrected chi connectivity index (χ3v) is 2.93. The minimum Gasteiger partial charge on any atom is -0.497 e. The maximum Gasteiger partial charge on any atom is 0.319 e. The van der Waals surface area contributed by atoms with Gasteiger partial charge in [0.15, 0.2) is 0 Å². The molecule has 0 spiro atoms. The second-order valence-electron chi connectivity index (χ2n) is 4.47. The molecule has 0 saturated heterocycles. The van der Waals surface area contributed by atoms with Crippen molar-refractivity contribution < 1.29 is 14.3 Å². The monoisotopic (exact) mass is 265 g/mol. The first-order valence-corrected chi connectivity index (χ1v) is 6.67. The number of carbonyl (C=O) groups excluding carboxylic acids is 1. The molecule has 1 aromatic rings. The standard InChI is InChI=1S/C15H23NO3/c1-4-19-15(17)11-16-12(2)5-6-13-7-9-14(18-3)10-8-13/h7-10,12,16H,4-6,11H2,1-3H3. The minimum atomic E-state index is -0.196. The molecule has 0 radical (unpaired) electrons. The van der Waals surface area contributed by atoms with Crippen molar-refractivity contribution in [2.45, 2.75) is 32.7 Å². The molecule has 0 aliphatic carbocycles. The summed E-state index contributed by atoms with van der Waals surface area (Å²) in [4.78, 5) is 11.2. The van der Waals surface area contributed by atoms with Crippen LogP contribution >= 0.6 is 0 Å². The van der Waals surface area contributed by atoms with Crippen LogP contribution in [0.15, 0.2) is 24.3 Å². The van der Waals surface area contributed by atoms with E-state index in [1.165, 1.54) is 5.56 Å². The summed E-state index contributed by atoms with van der Waals surface area (Å²) in [5.41, 5.74) is 1.27. The van der Waals surface area contributed by atoms with Crippen LogP contribution in [0.1, 0.15) is 25.8 Å². The van der Waals surface area contributed by atoms with Crippen LogP contribution in [0, 0.1) is 0 Å². The fourth-order valence-electron chi connectivity index (χ4n) is 1.75. The van der Waals surface area contributed by atoms with Gasteiger partial charge in [-0.05, 0) is 44.4 Å². The number of hydrogen-bond acceptors (Lipinski definition) is 4. The maximum atomic E-state index is 11.2. The van der Waals surface area contributed by atoms with Crippen molar-refractivity contribution >= 4 is 5.97 Å². The molecule has 1 aromatic carbocycles. The molecular formula is C15H23NO3. The fraction of sp³-hybridized carbons (Fsp3) is 0.533. The van der Waals surface area contributed by atoms with Gasteiger partial charge in [0.25, 0.3) is 0 Å². The lowest BCUT2D eigenvalue weighted by Gasteiger charge is -2.13. The molecule has 0 amide bonds. The molecule has 0 aliphatic rings. The van der Waals surface area contributed by atoms with E-state index >= 15 is 0 Å². The molecule has 0 aromatic heterocycles. The van der Waals surface area contributed by atoms with E-state index in [9.17, 15) is 4.79 Å². The van der Waals surface area contributed by atoms with Crippen LogP contribution in [-0.2, 0) is 16.0 Å². The highest BCUT2D eigenvalue weighted by molar-refractivity contribution is 5.71. The molecule has 0 fully saturated rings. The van der Waals surface area contributed by atoms with Gasteiger partial charge in [0.2, 0.25) is 0 Å². The van der Waals surface area contributed by atoms with E-state index in [-0.39, 0.29) is 18.6 Å². The average Bonchev–Trinajstić information content (AvgIpc) is 2.44.